The molecule has 0 spiro atoms. The first-order valence-electron chi connectivity index (χ1n) is 6.36. The molecule has 0 amide bonds. The molecule has 2 N–H and O–H groups in total. The molecule has 2 aromatic carbocycles. The summed E-state index contributed by atoms with van der Waals surface area (Å²) < 4.78 is 5.74. The van der Waals surface area contributed by atoms with Crippen molar-refractivity contribution in [2.45, 2.75) is 13.5 Å². The number of hydrogen-bond donors (Lipinski definition) is 1. The van der Waals surface area contributed by atoms with Gasteiger partial charge in [0.15, 0.2) is 0 Å². The number of halogens is 1. The Hall–Kier alpha value is -1.95. The predicted octanol–water partition coefficient (Wildman–Crippen LogP) is 3.54. The van der Waals surface area contributed by atoms with Gasteiger partial charge < -0.3 is 10.5 Å². The van der Waals surface area contributed by atoms with Crippen LogP contribution in [0, 0.1) is 18.8 Å². The molecular weight excluding hydrogens is 270 g/mol. The van der Waals surface area contributed by atoms with E-state index in [0.717, 1.165) is 16.7 Å². The second-order valence-corrected chi connectivity index (χ2v) is 4.83. The molecule has 0 aromatic heterocycles. The minimum absolute atomic E-state index is 0.372. The fourth-order valence-electron chi connectivity index (χ4n) is 1.72. The Bertz CT molecular complexity index is 638. The van der Waals surface area contributed by atoms with E-state index in [1.165, 1.54) is 0 Å². The highest BCUT2D eigenvalue weighted by Crippen LogP contribution is 2.26. The Morgan fingerprint density at radius 3 is 2.60 bits per heavy atom. The zero-order valence-corrected chi connectivity index (χ0v) is 12.1. The predicted molar refractivity (Wildman–Crippen MR) is 82.9 cm³/mol. The number of ether oxygens (including phenoxy) is 1. The molecule has 0 aliphatic carbocycles. The zero-order valence-electron chi connectivity index (χ0n) is 11.3. The van der Waals surface area contributed by atoms with Crippen LogP contribution < -0.4 is 10.5 Å². The summed E-state index contributed by atoms with van der Waals surface area (Å²) in [6.07, 6.45) is 0. The third-order valence-electron chi connectivity index (χ3n) is 2.77. The zero-order chi connectivity index (χ0) is 14.4. The van der Waals surface area contributed by atoms with Crippen molar-refractivity contribution in [1.82, 2.24) is 0 Å². The summed E-state index contributed by atoms with van der Waals surface area (Å²) in [5.41, 5.74) is 8.48. The Kier molecular flexibility index (Phi) is 5.06. The van der Waals surface area contributed by atoms with E-state index in [1.807, 2.05) is 49.4 Å². The van der Waals surface area contributed by atoms with Gasteiger partial charge in [0.2, 0.25) is 0 Å². The summed E-state index contributed by atoms with van der Waals surface area (Å²) in [6.45, 7) is 2.86. The van der Waals surface area contributed by atoms with Crippen molar-refractivity contribution >= 4 is 11.6 Å². The highest BCUT2D eigenvalue weighted by Gasteiger charge is 2.02. The fraction of sp³-hybridized carbons (Fsp3) is 0.176. The summed E-state index contributed by atoms with van der Waals surface area (Å²) in [5, 5.41) is 0.626. The van der Waals surface area contributed by atoms with Crippen molar-refractivity contribution in [2.75, 3.05) is 6.54 Å². The number of benzene rings is 2. The number of rotatable bonds is 3. The highest BCUT2D eigenvalue weighted by atomic mass is 35.5. The first-order valence-corrected chi connectivity index (χ1v) is 6.73. The molecule has 20 heavy (non-hydrogen) atoms. The van der Waals surface area contributed by atoms with Crippen LogP contribution in [0.3, 0.4) is 0 Å². The monoisotopic (exact) mass is 285 g/mol. The number of hydrogen-bond acceptors (Lipinski definition) is 2. The van der Waals surface area contributed by atoms with E-state index in [9.17, 15) is 0 Å². The Labute approximate surface area is 124 Å². The molecule has 3 heteroatoms. The van der Waals surface area contributed by atoms with Gasteiger partial charge in [-0.3, -0.25) is 0 Å². The maximum atomic E-state index is 6.09. The topological polar surface area (TPSA) is 35.2 Å². The van der Waals surface area contributed by atoms with E-state index in [2.05, 4.69) is 11.8 Å². The van der Waals surface area contributed by atoms with Crippen LogP contribution >= 0.6 is 11.6 Å². The van der Waals surface area contributed by atoms with E-state index < -0.39 is 0 Å². The largest absolute Gasteiger partial charge is 0.487 e. The minimum Gasteiger partial charge on any atom is -0.487 e. The second kappa shape index (κ2) is 7.00. The maximum absolute atomic E-state index is 6.09. The Morgan fingerprint density at radius 1 is 1.15 bits per heavy atom. The van der Waals surface area contributed by atoms with Crippen LogP contribution in [-0.2, 0) is 6.61 Å². The lowest BCUT2D eigenvalue weighted by Crippen LogP contribution is -1.96. The van der Waals surface area contributed by atoms with Gasteiger partial charge in [-0.1, -0.05) is 41.6 Å². The van der Waals surface area contributed by atoms with Gasteiger partial charge in [-0.05, 0) is 42.3 Å². The molecule has 0 aliphatic rings. The van der Waals surface area contributed by atoms with Gasteiger partial charge in [0, 0.05) is 5.56 Å². The van der Waals surface area contributed by atoms with Crippen molar-refractivity contribution in [3.63, 3.8) is 0 Å². The van der Waals surface area contributed by atoms with Crippen LogP contribution in [0.15, 0.2) is 42.5 Å². The average molecular weight is 286 g/mol. The van der Waals surface area contributed by atoms with Crippen LogP contribution in [0.1, 0.15) is 16.7 Å². The van der Waals surface area contributed by atoms with Gasteiger partial charge in [0.05, 0.1) is 11.6 Å². The van der Waals surface area contributed by atoms with E-state index in [4.69, 9.17) is 22.1 Å². The quantitative estimate of drug-likeness (QED) is 0.876. The summed E-state index contributed by atoms with van der Waals surface area (Å²) >= 11 is 6.09. The second-order valence-electron chi connectivity index (χ2n) is 4.43. The molecule has 0 heterocycles. The van der Waals surface area contributed by atoms with Crippen molar-refractivity contribution in [3.8, 4) is 17.6 Å². The van der Waals surface area contributed by atoms with Crippen molar-refractivity contribution < 1.29 is 4.74 Å². The summed E-state index contributed by atoms with van der Waals surface area (Å²) in [6, 6.07) is 13.6. The lowest BCUT2D eigenvalue weighted by atomic mass is 10.1. The van der Waals surface area contributed by atoms with Gasteiger partial charge in [-0.15, -0.1) is 0 Å². The summed E-state index contributed by atoms with van der Waals surface area (Å²) in [5.74, 6) is 6.52. The first kappa shape index (κ1) is 14.5. The van der Waals surface area contributed by atoms with E-state index in [1.54, 1.807) is 0 Å². The summed E-state index contributed by atoms with van der Waals surface area (Å²) in [4.78, 5) is 0. The number of aryl methyl sites for hydroxylation is 1. The standard InChI is InChI=1S/C17H16ClNO/c1-13-4-9-16(18)17(11-13)20-12-15-7-5-14(6-8-15)3-2-10-19/h4-9,11H,10,12,19H2,1H3. The molecule has 0 saturated carbocycles. The Morgan fingerprint density at radius 2 is 1.90 bits per heavy atom. The first-order chi connectivity index (χ1) is 9.69. The third kappa shape index (κ3) is 4.03. The van der Waals surface area contributed by atoms with Crippen molar-refractivity contribution in [3.05, 3.63) is 64.2 Å². The van der Waals surface area contributed by atoms with Gasteiger partial charge in [-0.2, -0.15) is 0 Å². The molecule has 0 atom stereocenters. The van der Waals surface area contributed by atoms with E-state index in [-0.39, 0.29) is 0 Å². The van der Waals surface area contributed by atoms with Crippen molar-refractivity contribution in [2.24, 2.45) is 5.73 Å². The fourth-order valence-corrected chi connectivity index (χ4v) is 1.89. The SMILES string of the molecule is Cc1ccc(Cl)c(OCc2ccc(C#CCN)cc2)c1. The van der Waals surface area contributed by atoms with Crippen LogP contribution in [0.25, 0.3) is 0 Å². The van der Waals surface area contributed by atoms with Crippen LogP contribution in [-0.4, -0.2) is 6.54 Å². The Balaban J connectivity index is 2.02. The van der Waals surface area contributed by atoms with Gasteiger partial charge in [0.1, 0.15) is 12.4 Å². The van der Waals surface area contributed by atoms with Gasteiger partial charge in [0.25, 0.3) is 0 Å². The van der Waals surface area contributed by atoms with Crippen LogP contribution in [0.5, 0.6) is 5.75 Å². The van der Waals surface area contributed by atoms with Gasteiger partial charge >= 0.3 is 0 Å². The molecule has 2 aromatic rings. The van der Waals surface area contributed by atoms with Crippen LogP contribution in [0.4, 0.5) is 0 Å². The van der Waals surface area contributed by atoms with E-state index in [0.29, 0.717) is 23.9 Å². The van der Waals surface area contributed by atoms with E-state index >= 15 is 0 Å². The molecular formula is C17H16ClNO. The molecule has 2 rings (SSSR count). The number of nitrogens with two attached hydrogens (primary N) is 1. The molecule has 2 nitrogen and oxygen atoms in total. The molecule has 0 fully saturated rings. The molecule has 0 saturated heterocycles. The third-order valence-corrected chi connectivity index (χ3v) is 3.08. The molecule has 102 valence electrons. The lowest BCUT2D eigenvalue weighted by molar-refractivity contribution is 0.306. The highest BCUT2D eigenvalue weighted by molar-refractivity contribution is 6.32. The summed E-state index contributed by atoms with van der Waals surface area (Å²) in [7, 11) is 0. The molecule has 0 bridgehead atoms. The smallest absolute Gasteiger partial charge is 0.138 e. The molecule has 0 aliphatic heterocycles. The normalized spacial score (nSPS) is 9.75. The van der Waals surface area contributed by atoms with Crippen LogP contribution in [0.2, 0.25) is 5.02 Å². The maximum Gasteiger partial charge on any atom is 0.138 e. The molecule has 0 radical (unpaired) electrons. The average Bonchev–Trinajstić information content (AvgIpc) is 2.47. The lowest BCUT2D eigenvalue weighted by Gasteiger charge is -2.09. The molecule has 0 unspecified atom stereocenters. The minimum atomic E-state index is 0.372. The van der Waals surface area contributed by atoms with Crippen molar-refractivity contribution in [1.29, 1.82) is 0 Å². The van der Waals surface area contributed by atoms with Gasteiger partial charge in [-0.25, -0.2) is 0 Å².